The lowest BCUT2D eigenvalue weighted by molar-refractivity contribution is -0.126. The van der Waals surface area contributed by atoms with Gasteiger partial charge in [0.15, 0.2) is 0 Å². The van der Waals surface area contributed by atoms with Gasteiger partial charge in [0.1, 0.15) is 17.5 Å². The molecule has 32 heavy (non-hydrogen) atoms. The van der Waals surface area contributed by atoms with E-state index in [2.05, 4.69) is 10.6 Å². The van der Waals surface area contributed by atoms with Gasteiger partial charge in [0.25, 0.3) is 5.56 Å². The monoisotopic (exact) mass is 454 g/mol. The van der Waals surface area contributed by atoms with E-state index >= 15 is 0 Å². The van der Waals surface area contributed by atoms with Crippen LogP contribution in [0.1, 0.15) is 11.3 Å². The summed E-state index contributed by atoms with van der Waals surface area (Å²) in [6.45, 7) is 1.75. The van der Waals surface area contributed by atoms with Crippen LogP contribution in [0.4, 0.5) is 10.1 Å². The molecule has 7 nitrogen and oxygen atoms in total. The van der Waals surface area contributed by atoms with Crippen LogP contribution < -0.4 is 16.2 Å². The Morgan fingerprint density at radius 2 is 1.84 bits per heavy atom. The molecule has 1 fully saturated rings. The lowest BCUT2D eigenvalue weighted by Crippen LogP contribution is -2.53. The van der Waals surface area contributed by atoms with E-state index in [1.165, 1.54) is 28.6 Å². The van der Waals surface area contributed by atoms with Crippen molar-refractivity contribution in [1.82, 2.24) is 14.7 Å². The Morgan fingerprint density at radius 1 is 1.16 bits per heavy atom. The zero-order chi connectivity index (χ0) is 22.8. The second-order valence-electron chi connectivity index (χ2n) is 7.64. The van der Waals surface area contributed by atoms with Crippen molar-refractivity contribution in [3.63, 3.8) is 0 Å². The molecule has 0 spiro atoms. The van der Waals surface area contributed by atoms with Gasteiger partial charge in [-0.05, 0) is 43.2 Å². The van der Waals surface area contributed by atoms with Crippen LogP contribution in [-0.2, 0) is 23.1 Å². The maximum absolute atomic E-state index is 13.1. The van der Waals surface area contributed by atoms with E-state index in [0.717, 1.165) is 5.56 Å². The molecule has 2 aromatic carbocycles. The van der Waals surface area contributed by atoms with Crippen molar-refractivity contribution >= 4 is 29.3 Å². The van der Waals surface area contributed by atoms with Crippen LogP contribution in [0.15, 0.2) is 59.4 Å². The Hall–Kier alpha value is -3.33. The molecule has 166 valence electrons. The number of carbonyl (C=O) groups is 2. The molecule has 2 atom stereocenters. The number of rotatable bonds is 5. The van der Waals surface area contributed by atoms with Crippen LogP contribution in [0.2, 0.25) is 0 Å². The quantitative estimate of drug-likeness (QED) is 0.620. The molecule has 0 unspecified atom stereocenters. The molecule has 1 saturated heterocycles. The molecular formula is C23H23FN4O3S. The predicted octanol–water partition coefficient (Wildman–Crippen LogP) is 2.40. The second kappa shape index (κ2) is 9.04. The van der Waals surface area contributed by atoms with E-state index < -0.39 is 11.9 Å². The van der Waals surface area contributed by atoms with Crippen LogP contribution in [0.3, 0.4) is 0 Å². The molecule has 1 aromatic heterocycles. The highest BCUT2D eigenvalue weighted by atomic mass is 32.2. The predicted molar refractivity (Wildman–Crippen MR) is 123 cm³/mol. The van der Waals surface area contributed by atoms with E-state index in [9.17, 15) is 18.8 Å². The number of amides is 2. The topological polar surface area (TPSA) is 85.1 Å². The summed E-state index contributed by atoms with van der Waals surface area (Å²) in [5.74, 6) is -0.634. The highest BCUT2D eigenvalue weighted by Gasteiger charge is 2.33. The first-order chi connectivity index (χ1) is 15.3. The number of nitrogens with zero attached hydrogens (tertiary/aromatic N) is 2. The smallest absolute Gasteiger partial charge is 0.295 e. The Labute approximate surface area is 188 Å². The van der Waals surface area contributed by atoms with Crippen molar-refractivity contribution in [2.45, 2.75) is 24.6 Å². The third-order valence-corrected chi connectivity index (χ3v) is 6.84. The minimum atomic E-state index is -0.749. The molecule has 3 aromatic rings. The summed E-state index contributed by atoms with van der Waals surface area (Å²) in [5, 5.41) is 5.09. The number of para-hydroxylation sites is 1. The fourth-order valence-corrected chi connectivity index (χ4v) is 4.83. The Bertz CT molecular complexity index is 1200. The minimum Gasteiger partial charge on any atom is -0.343 e. The maximum atomic E-state index is 13.1. The summed E-state index contributed by atoms with van der Waals surface area (Å²) in [5.41, 5.74) is 2.00. The maximum Gasteiger partial charge on any atom is 0.295 e. The number of aromatic nitrogens is 2. The molecular weight excluding hydrogens is 431 g/mol. The minimum absolute atomic E-state index is 0.189. The summed E-state index contributed by atoms with van der Waals surface area (Å²) in [6, 6.07) is 14.4. The molecule has 9 heteroatoms. The SMILES string of the molecule is Cc1c(NC(=O)[C@H]2CS[C@H](Cc3ccc(F)cc3)C(=O)N2)c(=O)n(-c2ccccc2)n1C. The van der Waals surface area contributed by atoms with Crippen molar-refractivity contribution < 1.29 is 14.0 Å². The van der Waals surface area contributed by atoms with Crippen LogP contribution in [0.25, 0.3) is 5.69 Å². The fraction of sp³-hybridized carbons (Fsp3) is 0.261. The lowest BCUT2D eigenvalue weighted by atomic mass is 10.1. The van der Waals surface area contributed by atoms with Gasteiger partial charge in [-0.25, -0.2) is 9.07 Å². The molecule has 0 aliphatic carbocycles. The standard InChI is InChI=1S/C23H23FN4O3S/c1-14-20(23(31)28(27(14)2)17-6-4-3-5-7-17)26-21(29)18-13-32-19(22(30)25-18)12-15-8-10-16(24)11-9-15/h3-11,18-19H,12-13H2,1-2H3,(H,25,30)(H,26,29)/t18-,19-/m1/s1. The number of hydrogen-bond acceptors (Lipinski definition) is 4. The summed E-state index contributed by atoms with van der Waals surface area (Å²) in [6.07, 6.45) is 0.449. The highest BCUT2D eigenvalue weighted by molar-refractivity contribution is 8.00. The second-order valence-corrected chi connectivity index (χ2v) is 8.88. The van der Waals surface area contributed by atoms with E-state index in [-0.39, 0.29) is 28.2 Å². The molecule has 1 aliphatic rings. The van der Waals surface area contributed by atoms with Gasteiger partial charge in [-0.3, -0.25) is 19.1 Å². The Balaban J connectivity index is 1.45. The van der Waals surface area contributed by atoms with Gasteiger partial charge in [0.05, 0.1) is 16.6 Å². The van der Waals surface area contributed by atoms with Crippen LogP contribution in [0, 0.1) is 12.7 Å². The lowest BCUT2D eigenvalue weighted by Gasteiger charge is -2.28. The number of thioether (sulfide) groups is 1. The third-order valence-electron chi connectivity index (χ3n) is 5.53. The van der Waals surface area contributed by atoms with Crippen molar-refractivity contribution in [3.05, 3.63) is 82.0 Å². The molecule has 0 radical (unpaired) electrons. The number of nitrogens with one attached hydrogen (secondary N) is 2. The normalized spacial score (nSPS) is 18.3. The molecule has 1 aliphatic heterocycles. The van der Waals surface area contributed by atoms with Crippen LogP contribution in [0.5, 0.6) is 0 Å². The highest BCUT2D eigenvalue weighted by Crippen LogP contribution is 2.23. The molecule has 0 bridgehead atoms. The van der Waals surface area contributed by atoms with Gasteiger partial charge in [-0.1, -0.05) is 30.3 Å². The Morgan fingerprint density at radius 3 is 2.50 bits per heavy atom. The van der Waals surface area contributed by atoms with Gasteiger partial charge in [0.2, 0.25) is 11.8 Å². The van der Waals surface area contributed by atoms with Gasteiger partial charge in [0, 0.05) is 12.8 Å². The average molecular weight is 455 g/mol. The van der Waals surface area contributed by atoms with Crippen molar-refractivity contribution in [2.75, 3.05) is 11.1 Å². The third kappa shape index (κ3) is 4.34. The van der Waals surface area contributed by atoms with Crippen molar-refractivity contribution in [1.29, 1.82) is 0 Å². The van der Waals surface area contributed by atoms with Gasteiger partial charge in [-0.2, -0.15) is 0 Å². The number of hydrogen-bond donors (Lipinski definition) is 2. The zero-order valence-electron chi connectivity index (χ0n) is 17.7. The largest absolute Gasteiger partial charge is 0.343 e. The summed E-state index contributed by atoms with van der Waals surface area (Å²) < 4.78 is 16.3. The molecule has 0 saturated carbocycles. The van der Waals surface area contributed by atoms with Crippen LogP contribution >= 0.6 is 11.8 Å². The first-order valence-electron chi connectivity index (χ1n) is 10.2. The molecule has 4 rings (SSSR count). The molecule has 2 amide bonds. The van der Waals surface area contributed by atoms with Gasteiger partial charge in [-0.15, -0.1) is 11.8 Å². The van der Waals surface area contributed by atoms with E-state index in [1.807, 2.05) is 30.3 Å². The number of carbonyl (C=O) groups excluding carboxylic acids is 2. The summed E-state index contributed by atoms with van der Waals surface area (Å²) in [4.78, 5) is 38.4. The number of halogens is 1. The fourth-order valence-electron chi connectivity index (χ4n) is 3.64. The van der Waals surface area contributed by atoms with E-state index in [0.29, 0.717) is 23.6 Å². The first-order valence-corrected chi connectivity index (χ1v) is 11.2. The average Bonchev–Trinajstić information content (AvgIpc) is 3.00. The molecule has 2 heterocycles. The van der Waals surface area contributed by atoms with Gasteiger partial charge < -0.3 is 10.6 Å². The van der Waals surface area contributed by atoms with Gasteiger partial charge >= 0.3 is 0 Å². The van der Waals surface area contributed by atoms with E-state index in [1.54, 1.807) is 30.8 Å². The summed E-state index contributed by atoms with van der Waals surface area (Å²) in [7, 11) is 1.75. The van der Waals surface area contributed by atoms with Crippen LogP contribution in [-0.4, -0.2) is 38.2 Å². The molecule has 2 N–H and O–H groups in total. The van der Waals surface area contributed by atoms with Crippen molar-refractivity contribution in [2.24, 2.45) is 7.05 Å². The number of benzene rings is 2. The summed E-state index contributed by atoms with van der Waals surface area (Å²) >= 11 is 1.38. The zero-order valence-corrected chi connectivity index (χ0v) is 18.5. The Kier molecular flexibility index (Phi) is 6.18. The first kappa shape index (κ1) is 21.9. The van der Waals surface area contributed by atoms with Crippen molar-refractivity contribution in [3.8, 4) is 5.69 Å². The van der Waals surface area contributed by atoms with E-state index in [4.69, 9.17) is 0 Å². The number of anilines is 1.